The third kappa shape index (κ3) is 3.88. The zero-order valence-electron chi connectivity index (χ0n) is 8.50. The number of rotatable bonds is 5. The third-order valence-corrected chi connectivity index (χ3v) is 2.51. The van der Waals surface area contributed by atoms with Gasteiger partial charge in [-0.2, -0.15) is 0 Å². The number of Topliss-reactive ketones (excluding diaryl/α,β-unsaturated/α-hetero) is 1. The van der Waals surface area contributed by atoms with E-state index in [1.54, 1.807) is 18.2 Å². The van der Waals surface area contributed by atoms with Crippen LogP contribution in [0.4, 0.5) is 5.69 Å². The molecule has 3 heteroatoms. The van der Waals surface area contributed by atoms with Crippen molar-refractivity contribution in [1.82, 2.24) is 0 Å². The molecule has 0 saturated heterocycles. The molecule has 0 atom stereocenters. The van der Waals surface area contributed by atoms with Crippen LogP contribution in [0.5, 0.6) is 0 Å². The van der Waals surface area contributed by atoms with Gasteiger partial charge in [0.25, 0.3) is 0 Å². The van der Waals surface area contributed by atoms with Crippen LogP contribution < -0.4 is 5.73 Å². The lowest BCUT2D eigenvalue weighted by Crippen LogP contribution is -2.00. The highest BCUT2D eigenvalue weighted by molar-refractivity contribution is 9.10. The van der Waals surface area contributed by atoms with E-state index >= 15 is 0 Å². The minimum absolute atomic E-state index is 0.129. The van der Waals surface area contributed by atoms with E-state index in [0.29, 0.717) is 17.7 Å². The van der Waals surface area contributed by atoms with Gasteiger partial charge in [0, 0.05) is 22.1 Å². The largest absolute Gasteiger partial charge is 0.399 e. The Morgan fingerprint density at radius 3 is 2.80 bits per heavy atom. The number of nitrogens with two attached hydrogens (primary N) is 1. The van der Waals surface area contributed by atoms with Gasteiger partial charge in [0.2, 0.25) is 0 Å². The Hall–Kier alpha value is -1.09. The molecule has 0 aromatic heterocycles. The third-order valence-electron chi connectivity index (χ3n) is 2.05. The van der Waals surface area contributed by atoms with Gasteiger partial charge in [-0.25, -0.2) is 0 Å². The Labute approximate surface area is 98.3 Å². The van der Waals surface area contributed by atoms with Gasteiger partial charge in [0.1, 0.15) is 0 Å². The van der Waals surface area contributed by atoms with Gasteiger partial charge in [0.15, 0.2) is 5.78 Å². The van der Waals surface area contributed by atoms with Crippen molar-refractivity contribution in [1.29, 1.82) is 0 Å². The lowest BCUT2D eigenvalue weighted by molar-refractivity contribution is 0.0980. The Morgan fingerprint density at radius 1 is 1.47 bits per heavy atom. The maximum atomic E-state index is 11.7. The van der Waals surface area contributed by atoms with Gasteiger partial charge in [-0.1, -0.05) is 22.0 Å². The molecule has 0 amide bonds. The van der Waals surface area contributed by atoms with Gasteiger partial charge >= 0.3 is 0 Å². The van der Waals surface area contributed by atoms with E-state index in [1.807, 2.05) is 6.08 Å². The number of carbonyl (C=O) groups excluding carboxylic acids is 1. The smallest absolute Gasteiger partial charge is 0.163 e. The molecule has 0 unspecified atom stereocenters. The number of unbranched alkanes of at least 4 members (excludes halogenated alkanes) is 1. The first-order valence-electron chi connectivity index (χ1n) is 4.83. The molecule has 15 heavy (non-hydrogen) atoms. The standard InChI is InChI=1S/C12H14BrNO/c1-2-3-4-5-12(15)9-6-10(13)8-11(14)7-9/h2,6-8H,1,3-5,14H2. The summed E-state index contributed by atoms with van der Waals surface area (Å²) in [7, 11) is 0. The summed E-state index contributed by atoms with van der Waals surface area (Å²) in [5.41, 5.74) is 6.93. The number of carbonyl (C=O) groups is 1. The minimum atomic E-state index is 0.129. The Morgan fingerprint density at radius 2 is 2.20 bits per heavy atom. The van der Waals surface area contributed by atoms with E-state index in [4.69, 9.17) is 5.73 Å². The summed E-state index contributed by atoms with van der Waals surface area (Å²) in [5.74, 6) is 0.129. The number of halogens is 1. The molecule has 1 aromatic carbocycles. The molecule has 2 nitrogen and oxygen atoms in total. The lowest BCUT2D eigenvalue weighted by Gasteiger charge is -2.02. The minimum Gasteiger partial charge on any atom is -0.399 e. The zero-order chi connectivity index (χ0) is 11.3. The van der Waals surface area contributed by atoms with Crippen LogP contribution in [0.15, 0.2) is 35.3 Å². The van der Waals surface area contributed by atoms with Crippen molar-refractivity contribution in [3.63, 3.8) is 0 Å². The first-order chi connectivity index (χ1) is 7.13. The average molecular weight is 268 g/mol. The van der Waals surface area contributed by atoms with Crippen LogP contribution in [0.3, 0.4) is 0 Å². The van der Waals surface area contributed by atoms with Crippen molar-refractivity contribution < 1.29 is 4.79 Å². The second-order valence-corrected chi connectivity index (χ2v) is 4.29. The predicted octanol–water partition coefficient (Wildman–Crippen LogP) is 3.57. The van der Waals surface area contributed by atoms with Crippen molar-refractivity contribution in [2.24, 2.45) is 0 Å². The SMILES string of the molecule is C=CCCCC(=O)c1cc(N)cc(Br)c1. The molecule has 2 N–H and O–H groups in total. The highest BCUT2D eigenvalue weighted by atomic mass is 79.9. The van der Waals surface area contributed by atoms with Crippen LogP contribution in [-0.4, -0.2) is 5.78 Å². The molecule has 1 rings (SSSR count). The number of nitrogen functional groups attached to an aromatic ring is 1. The number of ketones is 1. The molecule has 0 radical (unpaired) electrons. The van der Waals surface area contributed by atoms with Crippen molar-refractivity contribution in [2.75, 3.05) is 5.73 Å². The molecular weight excluding hydrogens is 254 g/mol. The fourth-order valence-electron chi connectivity index (χ4n) is 1.32. The maximum absolute atomic E-state index is 11.7. The van der Waals surface area contributed by atoms with E-state index in [9.17, 15) is 4.79 Å². The lowest BCUT2D eigenvalue weighted by atomic mass is 10.1. The quantitative estimate of drug-likeness (QED) is 0.384. The Bertz CT molecular complexity index is 354. The van der Waals surface area contributed by atoms with Crippen LogP contribution in [0.2, 0.25) is 0 Å². The average Bonchev–Trinajstić information content (AvgIpc) is 2.16. The van der Waals surface area contributed by atoms with Crippen molar-refractivity contribution >= 4 is 27.4 Å². The fraction of sp³-hybridized carbons (Fsp3) is 0.250. The van der Waals surface area contributed by atoms with Gasteiger partial charge in [-0.15, -0.1) is 6.58 Å². The Kier molecular flexibility index (Phi) is 4.56. The molecule has 80 valence electrons. The number of hydrogen-bond acceptors (Lipinski definition) is 2. The summed E-state index contributed by atoms with van der Waals surface area (Å²) in [6, 6.07) is 5.29. The molecular formula is C12H14BrNO. The summed E-state index contributed by atoms with van der Waals surface area (Å²) in [6.45, 7) is 3.62. The number of hydrogen-bond donors (Lipinski definition) is 1. The second kappa shape index (κ2) is 5.71. The molecule has 0 bridgehead atoms. The monoisotopic (exact) mass is 267 g/mol. The topological polar surface area (TPSA) is 43.1 Å². The van der Waals surface area contributed by atoms with Crippen molar-refractivity contribution in [3.8, 4) is 0 Å². The predicted molar refractivity (Wildman–Crippen MR) is 66.9 cm³/mol. The first-order valence-corrected chi connectivity index (χ1v) is 5.63. The van der Waals surface area contributed by atoms with E-state index in [0.717, 1.165) is 17.3 Å². The first kappa shape index (κ1) is 12.0. The van der Waals surface area contributed by atoms with Crippen LogP contribution >= 0.6 is 15.9 Å². The van der Waals surface area contributed by atoms with E-state index in [2.05, 4.69) is 22.5 Å². The highest BCUT2D eigenvalue weighted by Gasteiger charge is 2.06. The van der Waals surface area contributed by atoms with Gasteiger partial charge < -0.3 is 5.73 Å². The zero-order valence-corrected chi connectivity index (χ0v) is 10.1. The summed E-state index contributed by atoms with van der Waals surface area (Å²) < 4.78 is 0.842. The van der Waals surface area contributed by atoms with Gasteiger partial charge in [0.05, 0.1) is 0 Å². The summed E-state index contributed by atoms with van der Waals surface area (Å²) in [4.78, 5) is 11.7. The molecule has 0 aliphatic carbocycles. The van der Waals surface area contributed by atoms with E-state index in [-0.39, 0.29) is 5.78 Å². The van der Waals surface area contributed by atoms with Crippen LogP contribution in [0.1, 0.15) is 29.6 Å². The molecule has 0 heterocycles. The van der Waals surface area contributed by atoms with E-state index in [1.165, 1.54) is 0 Å². The van der Waals surface area contributed by atoms with Crippen LogP contribution in [-0.2, 0) is 0 Å². The van der Waals surface area contributed by atoms with Crippen molar-refractivity contribution in [2.45, 2.75) is 19.3 Å². The summed E-state index contributed by atoms with van der Waals surface area (Å²) >= 11 is 3.31. The molecule has 0 fully saturated rings. The second-order valence-electron chi connectivity index (χ2n) is 3.38. The molecule has 1 aromatic rings. The van der Waals surface area contributed by atoms with Crippen LogP contribution in [0, 0.1) is 0 Å². The van der Waals surface area contributed by atoms with Crippen molar-refractivity contribution in [3.05, 3.63) is 40.9 Å². The fourth-order valence-corrected chi connectivity index (χ4v) is 1.84. The molecule has 0 saturated carbocycles. The maximum Gasteiger partial charge on any atom is 0.163 e. The summed E-state index contributed by atoms with van der Waals surface area (Å²) in [5, 5.41) is 0. The molecule has 0 spiro atoms. The molecule has 0 aliphatic rings. The number of allylic oxidation sites excluding steroid dienone is 1. The van der Waals surface area contributed by atoms with Gasteiger partial charge in [-0.05, 0) is 31.0 Å². The normalized spacial score (nSPS) is 9.93. The number of benzene rings is 1. The van der Waals surface area contributed by atoms with Gasteiger partial charge in [-0.3, -0.25) is 4.79 Å². The Balaban J connectivity index is 2.69. The number of anilines is 1. The highest BCUT2D eigenvalue weighted by Crippen LogP contribution is 2.19. The molecule has 0 aliphatic heterocycles. The van der Waals surface area contributed by atoms with Crippen LogP contribution in [0.25, 0.3) is 0 Å². The summed E-state index contributed by atoms with van der Waals surface area (Å²) in [6.07, 6.45) is 4.08. The van der Waals surface area contributed by atoms with E-state index < -0.39 is 0 Å².